The Hall–Kier alpha value is -1.20. The Morgan fingerprint density at radius 1 is 1.30 bits per heavy atom. The number of hydrogen-bond acceptors (Lipinski definition) is 4. The van der Waals surface area contributed by atoms with Gasteiger partial charge in [-0.05, 0) is 45.4 Å². The van der Waals surface area contributed by atoms with E-state index < -0.39 is 0 Å². The van der Waals surface area contributed by atoms with Gasteiger partial charge in [0.1, 0.15) is 5.69 Å². The molecule has 110 valence electrons. The summed E-state index contributed by atoms with van der Waals surface area (Å²) in [5.41, 5.74) is 7.32. The Bertz CT molecular complexity index is 524. The molecule has 20 heavy (non-hydrogen) atoms. The third-order valence-electron chi connectivity index (χ3n) is 4.49. The topological polar surface area (TPSA) is 80.9 Å². The van der Waals surface area contributed by atoms with Crippen LogP contribution in [0.25, 0.3) is 0 Å². The maximum Gasteiger partial charge on any atom is 0.271 e. The summed E-state index contributed by atoms with van der Waals surface area (Å²) in [4.78, 5) is 20.5. The van der Waals surface area contributed by atoms with Crippen molar-refractivity contribution in [3.63, 3.8) is 0 Å². The van der Waals surface area contributed by atoms with Crippen molar-refractivity contribution in [1.29, 1.82) is 0 Å². The second-order valence-electron chi connectivity index (χ2n) is 6.17. The van der Waals surface area contributed by atoms with Crippen molar-refractivity contribution < 1.29 is 4.79 Å². The summed E-state index contributed by atoms with van der Waals surface area (Å²) in [7, 11) is 0. The van der Waals surface area contributed by atoms with Crippen molar-refractivity contribution in [2.45, 2.75) is 56.5 Å². The standard InChI is InChI=1S/C14H20N4O.ClH/c1-10-7-16-8-11(17-10)12(19)18-14-4-2-3-13(15,9-14)5-6-14;/h7-8H,2-6,9,15H2,1H3,(H,18,19);1H/t13-,14+;/m1./s1. The fourth-order valence-corrected chi connectivity index (χ4v) is 3.59. The number of fused-ring (bicyclic) bond motifs is 2. The van der Waals surface area contributed by atoms with Gasteiger partial charge >= 0.3 is 0 Å². The number of amides is 1. The maximum atomic E-state index is 12.3. The summed E-state index contributed by atoms with van der Waals surface area (Å²) in [5, 5.41) is 3.17. The van der Waals surface area contributed by atoms with E-state index in [0.29, 0.717) is 5.69 Å². The zero-order valence-corrected chi connectivity index (χ0v) is 12.5. The van der Waals surface area contributed by atoms with Crippen LogP contribution in [0.1, 0.15) is 54.7 Å². The van der Waals surface area contributed by atoms with Crippen LogP contribution >= 0.6 is 12.4 Å². The first-order valence-corrected chi connectivity index (χ1v) is 6.91. The van der Waals surface area contributed by atoms with Crippen molar-refractivity contribution in [2.24, 2.45) is 5.73 Å². The lowest BCUT2D eigenvalue weighted by Gasteiger charge is -2.37. The molecule has 3 rings (SSSR count). The van der Waals surface area contributed by atoms with Crippen molar-refractivity contribution >= 4 is 18.3 Å². The van der Waals surface area contributed by atoms with Gasteiger partial charge in [0.2, 0.25) is 0 Å². The molecule has 5 nitrogen and oxygen atoms in total. The Labute approximate surface area is 125 Å². The van der Waals surface area contributed by atoms with Gasteiger partial charge in [0.25, 0.3) is 5.91 Å². The molecule has 0 aliphatic heterocycles. The molecule has 3 N–H and O–H groups in total. The van der Waals surface area contributed by atoms with E-state index in [9.17, 15) is 4.79 Å². The zero-order valence-electron chi connectivity index (χ0n) is 11.7. The first kappa shape index (κ1) is 15.2. The predicted molar refractivity (Wildman–Crippen MR) is 78.8 cm³/mol. The third-order valence-corrected chi connectivity index (χ3v) is 4.49. The second kappa shape index (κ2) is 5.30. The maximum absolute atomic E-state index is 12.3. The van der Waals surface area contributed by atoms with Gasteiger partial charge in [0.15, 0.2) is 0 Å². The Kier molecular flexibility index (Phi) is 4.02. The number of carbonyl (C=O) groups is 1. The van der Waals surface area contributed by atoms with Crippen molar-refractivity contribution in [2.75, 3.05) is 0 Å². The lowest BCUT2D eigenvalue weighted by molar-refractivity contribution is 0.0871. The fourth-order valence-electron chi connectivity index (χ4n) is 3.59. The van der Waals surface area contributed by atoms with E-state index in [2.05, 4.69) is 15.3 Å². The molecule has 2 aliphatic rings. The van der Waals surface area contributed by atoms with Gasteiger partial charge in [-0.2, -0.15) is 0 Å². The molecule has 1 amide bonds. The highest BCUT2D eigenvalue weighted by molar-refractivity contribution is 5.92. The number of nitrogens with zero attached hydrogens (tertiary/aromatic N) is 2. The second-order valence-corrected chi connectivity index (χ2v) is 6.17. The van der Waals surface area contributed by atoms with Gasteiger partial charge in [-0.3, -0.25) is 9.78 Å². The molecule has 0 saturated heterocycles. The largest absolute Gasteiger partial charge is 0.345 e. The Morgan fingerprint density at radius 2 is 2.10 bits per heavy atom. The van der Waals surface area contributed by atoms with Crippen LogP contribution in [0.2, 0.25) is 0 Å². The van der Waals surface area contributed by atoms with Crippen LogP contribution in [0.15, 0.2) is 12.4 Å². The first-order valence-electron chi connectivity index (χ1n) is 6.91. The molecular weight excluding hydrogens is 276 g/mol. The van der Waals surface area contributed by atoms with Crippen LogP contribution in [0.3, 0.4) is 0 Å². The highest BCUT2D eigenvalue weighted by Gasteiger charge is 2.49. The number of aromatic nitrogens is 2. The van der Waals surface area contributed by atoms with Crippen LogP contribution in [0, 0.1) is 6.92 Å². The van der Waals surface area contributed by atoms with Crippen LogP contribution in [-0.4, -0.2) is 27.0 Å². The highest BCUT2D eigenvalue weighted by Crippen LogP contribution is 2.46. The molecule has 2 fully saturated rings. The summed E-state index contributed by atoms with van der Waals surface area (Å²) < 4.78 is 0. The molecule has 2 atom stereocenters. The van der Waals surface area contributed by atoms with Gasteiger partial charge in [-0.15, -0.1) is 12.4 Å². The Balaban J connectivity index is 0.00000147. The highest BCUT2D eigenvalue weighted by atomic mass is 35.5. The Morgan fingerprint density at radius 3 is 2.85 bits per heavy atom. The van der Waals surface area contributed by atoms with Crippen LogP contribution in [0.5, 0.6) is 0 Å². The first-order chi connectivity index (χ1) is 9.00. The molecule has 2 saturated carbocycles. The molecule has 1 aromatic rings. The summed E-state index contributed by atoms with van der Waals surface area (Å²) >= 11 is 0. The number of carbonyl (C=O) groups excluding carboxylic acids is 1. The van der Waals surface area contributed by atoms with E-state index in [1.54, 1.807) is 6.20 Å². The summed E-state index contributed by atoms with van der Waals surface area (Å²) in [6.07, 6.45) is 9.25. The van der Waals surface area contributed by atoms with Gasteiger partial charge in [-0.25, -0.2) is 4.98 Å². The van der Waals surface area contributed by atoms with Crippen LogP contribution in [0.4, 0.5) is 0 Å². The monoisotopic (exact) mass is 296 g/mol. The third kappa shape index (κ3) is 2.79. The van der Waals surface area contributed by atoms with Crippen LogP contribution < -0.4 is 11.1 Å². The van der Waals surface area contributed by atoms with E-state index in [4.69, 9.17) is 5.73 Å². The molecule has 2 bridgehead atoms. The van der Waals surface area contributed by atoms with E-state index in [-0.39, 0.29) is 29.4 Å². The van der Waals surface area contributed by atoms with Gasteiger partial charge in [0, 0.05) is 17.3 Å². The number of aryl methyl sites for hydroxylation is 1. The summed E-state index contributed by atoms with van der Waals surface area (Å²) in [6, 6.07) is 0. The molecule has 0 spiro atoms. The van der Waals surface area contributed by atoms with Crippen LogP contribution in [-0.2, 0) is 0 Å². The molecule has 0 aromatic carbocycles. The summed E-state index contributed by atoms with van der Waals surface area (Å²) in [5.74, 6) is -0.123. The molecular formula is C14H21ClN4O. The quantitative estimate of drug-likeness (QED) is 0.871. The molecule has 0 unspecified atom stereocenters. The molecule has 6 heteroatoms. The lowest BCUT2D eigenvalue weighted by Crippen LogP contribution is -2.52. The number of nitrogens with two attached hydrogens (primary N) is 1. The van der Waals surface area contributed by atoms with Crippen molar-refractivity contribution in [1.82, 2.24) is 15.3 Å². The average molecular weight is 297 g/mol. The number of halogens is 1. The SMILES string of the molecule is Cc1cncc(C(=O)N[C@@]23CCC[C@@](N)(CC2)C3)n1.Cl. The van der Waals surface area contributed by atoms with E-state index >= 15 is 0 Å². The normalized spacial score (nSPS) is 31.5. The molecule has 1 heterocycles. The minimum atomic E-state index is -0.123. The summed E-state index contributed by atoms with van der Waals surface area (Å²) in [6.45, 7) is 1.84. The van der Waals surface area contributed by atoms with E-state index in [0.717, 1.165) is 44.2 Å². The van der Waals surface area contributed by atoms with Gasteiger partial charge in [0.05, 0.1) is 11.9 Å². The van der Waals surface area contributed by atoms with E-state index in [1.807, 2.05) is 6.92 Å². The van der Waals surface area contributed by atoms with Gasteiger partial charge < -0.3 is 11.1 Å². The fraction of sp³-hybridized carbons (Fsp3) is 0.643. The minimum Gasteiger partial charge on any atom is -0.345 e. The number of hydrogen-bond donors (Lipinski definition) is 2. The molecule has 1 aromatic heterocycles. The van der Waals surface area contributed by atoms with Crippen molar-refractivity contribution in [3.8, 4) is 0 Å². The van der Waals surface area contributed by atoms with E-state index in [1.165, 1.54) is 6.20 Å². The van der Waals surface area contributed by atoms with Gasteiger partial charge in [-0.1, -0.05) is 0 Å². The minimum absolute atomic E-state index is 0. The number of rotatable bonds is 2. The van der Waals surface area contributed by atoms with Crippen molar-refractivity contribution in [3.05, 3.63) is 23.8 Å². The predicted octanol–water partition coefficient (Wildman–Crippen LogP) is 1.74. The number of nitrogens with one attached hydrogen (secondary N) is 1. The smallest absolute Gasteiger partial charge is 0.271 e. The molecule has 2 aliphatic carbocycles. The average Bonchev–Trinajstić information content (AvgIpc) is 2.59. The lowest BCUT2D eigenvalue weighted by atomic mass is 9.79. The molecule has 0 radical (unpaired) electrons. The zero-order chi connectivity index (χ0) is 13.5.